The monoisotopic (exact) mass is 319 g/mol. The number of hydrogen-bond donors (Lipinski definition) is 0. The highest BCUT2D eigenvalue weighted by atomic mass is 32.2. The van der Waals surface area contributed by atoms with E-state index in [9.17, 15) is 17.0 Å². The first-order chi connectivity index (χ1) is 9.26. The molecule has 0 spiro atoms. The first-order valence-electron chi connectivity index (χ1n) is 6.41. The molecule has 20 heavy (non-hydrogen) atoms. The second-order valence-electron chi connectivity index (χ2n) is 5.01. The quantitative estimate of drug-likeness (QED) is 0.833. The molecular weight excluding hydrogens is 301 g/mol. The zero-order valence-electron chi connectivity index (χ0n) is 11.7. The summed E-state index contributed by atoms with van der Waals surface area (Å²) in [6, 6.07) is 3.69. The van der Waals surface area contributed by atoms with Crippen molar-refractivity contribution in [2.45, 2.75) is 37.0 Å². The Morgan fingerprint density at radius 1 is 1.35 bits per heavy atom. The summed E-state index contributed by atoms with van der Waals surface area (Å²) in [5.41, 5.74) is 0.124. The molecule has 2 rings (SSSR count). The molecule has 0 radical (unpaired) electrons. The maximum atomic E-state index is 13.6. The van der Waals surface area contributed by atoms with Crippen molar-refractivity contribution in [1.29, 1.82) is 0 Å². The first kappa shape index (κ1) is 15.6. The van der Waals surface area contributed by atoms with Crippen molar-refractivity contribution in [3.05, 3.63) is 29.6 Å². The molecule has 1 aromatic rings. The van der Waals surface area contributed by atoms with Gasteiger partial charge in [-0.3, -0.25) is 4.21 Å². The number of sulfonamides is 1. The van der Waals surface area contributed by atoms with E-state index < -0.39 is 26.6 Å². The molecule has 0 amide bonds. The Morgan fingerprint density at radius 2 is 2.00 bits per heavy atom. The van der Waals surface area contributed by atoms with E-state index in [-0.39, 0.29) is 28.3 Å². The predicted molar refractivity (Wildman–Crippen MR) is 77.0 cm³/mol. The van der Waals surface area contributed by atoms with Crippen molar-refractivity contribution in [3.63, 3.8) is 0 Å². The van der Waals surface area contributed by atoms with Crippen LogP contribution in [0, 0.1) is 12.7 Å². The van der Waals surface area contributed by atoms with Gasteiger partial charge in [0.15, 0.2) is 0 Å². The van der Waals surface area contributed by atoms with Crippen LogP contribution < -0.4 is 0 Å². The Kier molecular flexibility index (Phi) is 4.32. The van der Waals surface area contributed by atoms with E-state index in [1.165, 1.54) is 29.4 Å². The summed E-state index contributed by atoms with van der Waals surface area (Å²) in [6.45, 7) is 5.18. The van der Waals surface area contributed by atoms with Crippen molar-refractivity contribution in [2.75, 3.05) is 12.3 Å². The van der Waals surface area contributed by atoms with E-state index in [1.807, 2.05) is 0 Å². The van der Waals surface area contributed by atoms with Crippen molar-refractivity contribution in [3.8, 4) is 0 Å². The fourth-order valence-electron chi connectivity index (χ4n) is 2.36. The molecule has 3 atom stereocenters. The lowest BCUT2D eigenvalue weighted by Gasteiger charge is -2.36. The molecular formula is C13H18FNO3S2. The summed E-state index contributed by atoms with van der Waals surface area (Å²) in [6.07, 6.45) is 0. The molecule has 0 unspecified atom stereocenters. The smallest absolute Gasteiger partial charge is 0.243 e. The number of rotatable bonds is 2. The third-order valence-electron chi connectivity index (χ3n) is 3.87. The van der Waals surface area contributed by atoms with Gasteiger partial charge in [-0.1, -0.05) is 6.07 Å². The average molecular weight is 319 g/mol. The molecule has 1 fully saturated rings. The Morgan fingerprint density at radius 3 is 2.65 bits per heavy atom. The Labute approximate surface area is 121 Å². The topological polar surface area (TPSA) is 54.5 Å². The lowest BCUT2D eigenvalue weighted by molar-refractivity contribution is 0.334. The van der Waals surface area contributed by atoms with Gasteiger partial charge in [0, 0.05) is 40.0 Å². The third-order valence-corrected chi connectivity index (χ3v) is 7.80. The molecule has 1 aliphatic heterocycles. The van der Waals surface area contributed by atoms with E-state index >= 15 is 0 Å². The van der Waals surface area contributed by atoms with Crippen LogP contribution in [0.15, 0.2) is 23.1 Å². The maximum Gasteiger partial charge on any atom is 0.243 e. The largest absolute Gasteiger partial charge is 0.259 e. The number of halogens is 1. The molecule has 112 valence electrons. The van der Waals surface area contributed by atoms with Gasteiger partial charge in [-0.25, -0.2) is 12.8 Å². The molecule has 1 heterocycles. The molecule has 0 bridgehead atoms. The summed E-state index contributed by atoms with van der Waals surface area (Å²) >= 11 is 0. The van der Waals surface area contributed by atoms with Crippen LogP contribution in [0.2, 0.25) is 0 Å². The van der Waals surface area contributed by atoms with Crippen LogP contribution in [0.1, 0.15) is 19.4 Å². The van der Waals surface area contributed by atoms with Gasteiger partial charge in [-0.15, -0.1) is 0 Å². The Bertz CT molecular complexity index is 645. The van der Waals surface area contributed by atoms with Crippen molar-refractivity contribution in [2.24, 2.45) is 0 Å². The molecule has 0 aromatic heterocycles. The fourth-order valence-corrected chi connectivity index (χ4v) is 5.82. The van der Waals surface area contributed by atoms with E-state index in [1.54, 1.807) is 13.8 Å². The predicted octanol–water partition coefficient (Wildman–Crippen LogP) is 1.66. The highest BCUT2D eigenvalue weighted by Gasteiger charge is 2.38. The summed E-state index contributed by atoms with van der Waals surface area (Å²) < 4.78 is 52.0. The van der Waals surface area contributed by atoms with Crippen molar-refractivity contribution >= 4 is 20.8 Å². The van der Waals surface area contributed by atoms with Crippen molar-refractivity contribution < 1.29 is 17.0 Å². The van der Waals surface area contributed by atoms with Crippen LogP contribution in [-0.4, -0.2) is 40.5 Å². The fraction of sp³-hybridized carbons (Fsp3) is 0.538. The minimum absolute atomic E-state index is 0.00997. The molecule has 0 aliphatic carbocycles. The summed E-state index contributed by atoms with van der Waals surface area (Å²) in [5, 5.41) is -0.229. The molecule has 4 nitrogen and oxygen atoms in total. The van der Waals surface area contributed by atoms with E-state index in [0.29, 0.717) is 5.75 Å². The SMILES string of the molecule is Cc1c(F)cccc1S(=O)(=O)N1CC[S@@](=O)[C@@H](C)[C@H]1C. The minimum atomic E-state index is -3.76. The highest BCUT2D eigenvalue weighted by Crippen LogP contribution is 2.27. The zero-order chi connectivity index (χ0) is 15.1. The van der Waals surface area contributed by atoms with Crippen LogP contribution in [-0.2, 0) is 20.8 Å². The Balaban J connectivity index is 2.45. The van der Waals surface area contributed by atoms with Crippen molar-refractivity contribution in [1.82, 2.24) is 4.31 Å². The second-order valence-corrected chi connectivity index (χ2v) is 8.78. The van der Waals surface area contributed by atoms with E-state index in [4.69, 9.17) is 0 Å². The number of nitrogens with zero attached hydrogens (tertiary/aromatic N) is 1. The van der Waals surface area contributed by atoms with E-state index in [2.05, 4.69) is 0 Å². The molecule has 7 heteroatoms. The molecule has 0 saturated carbocycles. The van der Waals surface area contributed by atoms with Gasteiger partial charge in [0.1, 0.15) is 5.82 Å². The maximum absolute atomic E-state index is 13.6. The second kappa shape index (κ2) is 5.54. The normalized spacial score (nSPS) is 28.5. The third kappa shape index (κ3) is 2.54. The van der Waals surface area contributed by atoms with Crippen LogP contribution in [0.25, 0.3) is 0 Å². The molecule has 0 N–H and O–H groups in total. The van der Waals surface area contributed by atoms with E-state index in [0.717, 1.165) is 0 Å². The average Bonchev–Trinajstić information content (AvgIpc) is 2.38. The van der Waals surface area contributed by atoms with Gasteiger partial charge in [-0.05, 0) is 32.9 Å². The van der Waals surface area contributed by atoms with Gasteiger partial charge >= 0.3 is 0 Å². The standard InChI is InChI=1S/C13H18FNO3S2/c1-9-12(14)5-4-6-13(9)20(17,18)15-7-8-19(16)11(3)10(15)2/h4-6,10-11H,7-8H2,1-3H3/t10-,11+,19-/m1/s1. The first-order valence-corrected chi connectivity index (χ1v) is 9.23. The van der Waals surface area contributed by atoms with Gasteiger partial charge < -0.3 is 0 Å². The lowest BCUT2D eigenvalue weighted by atomic mass is 10.2. The minimum Gasteiger partial charge on any atom is -0.259 e. The molecule has 1 aromatic carbocycles. The summed E-state index contributed by atoms with van der Waals surface area (Å²) in [5.74, 6) is -0.216. The van der Waals surface area contributed by atoms with Gasteiger partial charge in [-0.2, -0.15) is 4.31 Å². The molecule has 1 saturated heterocycles. The van der Waals surface area contributed by atoms with Crippen LogP contribution in [0.3, 0.4) is 0 Å². The highest BCUT2D eigenvalue weighted by molar-refractivity contribution is 7.89. The van der Waals surface area contributed by atoms with Gasteiger partial charge in [0.2, 0.25) is 10.0 Å². The van der Waals surface area contributed by atoms with Gasteiger partial charge in [0.25, 0.3) is 0 Å². The zero-order valence-corrected chi connectivity index (χ0v) is 13.3. The van der Waals surface area contributed by atoms with Crippen LogP contribution in [0.5, 0.6) is 0 Å². The summed E-state index contributed by atoms with van der Waals surface area (Å²) in [7, 11) is -4.78. The lowest BCUT2D eigenvalue weighted by Crippen LogP contribution is -2.52. The van der Waals surface area contributed by atoms with Crippen LogP contribution >= 0.6 is 0 Å². The van der Waals surface area contributed by atoms with Crippen LogP contribution in [0.4, 0.5) is 4.39 Å². The number of hydrogen-bond acceptors (Lipinski definition) is 3. The summed E-state index contributed by atoms with van der Waals surface area (Å²) in [4.78, 5) is -0.00997. The number of benzene rings is 1. The van der Waals surface area contributed by atoms with Gasteiger partial charge in [0.05, 0.1) is 4.90 Å². The Hall–Kier alpha value is -0.790. The molecule has 1 aliphatic rings.